The van der Waals surface area contributed by atoms with Gasteiger partial charge in [0.2, 0.25) is 0 Å². The molecule has 0 heterocycles. The zero-order valence-corrected chi connectivity index (χ0v) is 15.0. The van der Waals surface area contributed by atoms with Gasteiger partial charge in [-0.3, -0.25) is 0 Å². The molecule has 5 heteroatoms. The Hall–Kier alpha value is -1.59. The highest BCUT2D eigenvalue weighted by atomic mass is 79.9. The van der Waals surface area contributed by atoms with Gasteiger partial charge in [-0.1, -0.05) is 28.1 Å². The van der Waals surface area contributed by atoms with E-state index in [4.69, 9.17) is 17.0 Å². The molecule has 0 bridgehead atoms. The lowest BCUT2D eigenvalue weighted by molar-refractivity contribution is 0.306. The van der Waals surface area contributed by atoms with Crippen LogP contribution in [0.1, 0.15) is 19.4 Å². The normalized spacial score (nSPS) is 10.4. The van der Waals surface area contributed by atoms with Gasteiger partial charge in [0, 0.05) is 16.2 Å². The number of anilines is 1. The van der Waals surface area contributed by atoms with E-state index in [0.717, 1.165) is 21.5 Å². The van der Waals surface area contributed by atoms with Crippen LogP contribution in [-0.2, 0) is 6.61 Å². The number of nitrogens with one attached hydrogen (secondary N) is 2. The molecule has 0 saturated heterocycles. The summed E-state index contributed by atoms with van der Waals surface area (Å²) in [6, 6.07) is 16.2. The van der Waals surface area contributed by atoms with Gasteiger partial charge in [-0.2, -0.15) is 0 Å². The van der Waals surface area contributed by atoms with Crippen molar-refractivity contribution in [2.45, 2.75) is 26.5 Å². The second kappa shape index (κ2) is 8.15. The zero-order valence-electron chi connectivity index (χ0n) is 12.6. The summed E-state index contributed by atoms with van der Waals surface area (Å²) in [6.45, 7) is 4.64. The van der Waals surface area contributed by atoms with Crippen molar-refractivity contribution in [3.05, 3.63) is 58.6 Å². The predicted octanol–water partition coefficient (Wildman–Crippen LogP) is 4.72. The average molecular weight is 379 g/mol. The molecule has 0 atom stereocenters. The van der Waals surface area contributed by atoms with Crippen LogP contribution in [0.3, 0.4) is 0 Å². The molecule has 0 spiro atoms. The minimum Gasteiger partial charge on any atom is -0.489 e. The smallest absolute Gasteiger partial charge is 0.170 e. The molecule has 2 aromatic carbocycles. The predicted molar refractivity (Wildman–Crippen MR) is 99.4 cm³/mol. The average Bonchev–Trinajstić information content (AvgIpc) is 2.47. The van der Waals surface area contributed by atoms with Gasteiger partial charge in [0.05, 0.1) is 0 Å². The maximum Gasteiger partial charge on any atom is 0.170 e. The third-order valence-electron chi connectivity index (χ3n) is 2.85. The Labute approximate surface area is 145 Å². The van der Waals surface area contributed by atoms with Gasteiger partial charge in [-0.05, 0) is 68.0 Å². The first-order chi connectivity index (χ1) is 10.5. The Kier molecular flexibility index (Phi) is 6.21. The largest absolute Gasteiger partial charge is 0.489 e. The Morgan fingerprint density at radius 1 is 1.09 bits per heavy atom. The van der Waals surface area contributed by atoms with Gasteiger partial charge in [-0.15, -0.1) is 0 Å². The van der Waals surface area contributed by atoms with Crippen LogP contribution in [0, 0.1) is 0 Å². The molecule has 2 aromatic rings. The molecule has 2 N–H and O–H groups in total. The van der Waals surface area contributed by atoms with E-state index in [1.165, 1.54) is 0 Å². The molecule has 0 radical (unpaired) electrons. The fourth-order valence-corrected chi connectivity index (χ4v) is 2.43. The van der Waals surface area contributed by atoms with Crippen LogP contribution in [0.5, 0.6) is 5.75 Å². The summed E-state index contributed by atoms with van der Waals surface area (Å²) in [5.41, 5.74) is 2.07. The molecule has 0 aliphatic heterocycles. The van der Waals surface area contributed by atoms with Crippen LogP contribution in [0.15, 0.2) is 53.0 Å². The maximum absolute atomic E-state index is 5.74. The third kappa shape index (κ3) is 5.66. The van der Waals surface area contributed by atoms with Crippen molar-refractivity contribution in [3.63, 3.8) is 0 Å². The van der Waals surface area contributed by atoms with E-state index >= 15 is 0 Å². The van der Waals surface area contributed by atoms with Crippen molar-refractivity contribution >= 4 is 38.9 Å². The van der Waals surface area contributed by atoms with E-state index in [2.05, 4.69) is 40.4 Å². The van der Waals surface area contributed by atoms with E-state index in [-0.39, 0.29) is 0 Å². The molecule has 0 aliphatic rings. The van der Waals surface area contributed by atoms with Crippen molar-refractivity contribution in [1.29, 1.82) is 0 Å². The third-order valence-corrected chi connectivity index (χ3v) is 3.60. The number of halogens is 1. The van der Waals surface area contributed by atoms with Gasteiger partial charge in [-0.25, -0.2) is 0 Å². The van der Waals surface area contributed by atoms with Crippen LogP contribution in [0.25, 0.3) is 0 Å². The summed E-state index contributed by atoms with van der Waals surface area (Å²) in [5.74, 6) is 0.854. The molecular weight excluding hydrogens is 360 g/mol. The first kappa shape index (κ1) is 16.8. The summed E-state index contributed by atoms with van der Waals surface area (Å²) >= 11 is 8.63. The van der Waals surface area contributed by atoms with Crippen molar-refractivity contribution in [2.24, 2.45) is 0 Å². The Balaban J connectivity index is 1.86. The molecule has 0 aromatic heterocycles. The zero-order chi connectivity index (χ0) is 15.9. The highest BCUT2D eigenvalue weighted by Crippen LogP contribution is 2.18. The molecular formula is C17H19BrN2OS. The molecule has 0 saturated carbocycles. The van der Waals surface area contributed by atoms with E-state index in [9.17, 15) is 0 Å². The molecule has 116 valence electrons. The monoisotopic (exact) mass is 378 g/mol. The first-order valence-electron chi connectivity index (χ1n) is 7.08. The Morgan fingerprint density at radius 3 is 2.32 bits per heavy atom. The molecule has 0 unspecified atom stereocenters. The van der Waals surface area contributed by atoms with Crippen LogP contribution in [0.4, 0.5) is 5.69 Å². The standard InChI is InChI=1S/C17H19BrN2OS/c1-12(2)19-17(22)20-15-7-3-13(4-8-15)11-21-16-9-5-14(18)6-10-16/h3-10,12H,11H2,1-2H3,(H2,19,20,22). The first-order valence-corrected chi connectivity index (χ1v) is 8.28. The number of benzene rings is 2. The summed E-state index contributed by atoms with van der Waals surface area (Å²) < 4.78 is 6.78. The van der Waals surface area contributed by atoms with Crippen LogP contribution in [0.2, 0.25) is 0 Å². The minimum absolute atomic E-state index is 0.318. The van der Waals surface area contributed by atoms with Gasteiger partial charge in [0.1, 0.15) is 12.4 Å². The number of hydrogen-bond donors (Lipinski definition) is 2. The van der Waals surface area contributed by atoms with E-state index in [1.54, 1.807) is 0 Å². The minimum atomic E-state index is 0.318. The number of rotatable bonds is 5. The maximum atomic E-state index is 5.74. The lowest BCUT2D eigenvalue weighted by Crippen LogP contribution is -2.33. The van der Waals surface area contributed by atoms with Gasteiger partial charge in [0.25, 0.3) is 0 Å². The van der Waals surface area contributed by atoms with Crippen molar-refractivity contribution in [1.82, 2.24) is 5.32 Å². The van der Waals surface area contributed by atoms with Crippen LogP contribution in [-0.4, -0.2) is 11.2 Å². The van der Waals surface area contributed by atoms with Crippen LogP contribution >= 0.6 is 28.1 Å². The summed E-state index contributed by atoms with van der Waals surface area (Å²) in [5, 5.41) is 6.94. The highest BCUT2D eigenvalue weighted by molar-refractivity contribution is 9.10. The topological polar surface area (TPSA) is 33.3 Å². The molecule has 3 nitrogen and oxygen atoms in total. The van der Waals surface area contributed by atoms with Gasteiger partial charge in [0.15, 0.2) is 5.11 Å². The van der Waals surface area contributed by atoms with E-state index in [1.807, 2.05) is 48.5 Å². The summed E-state index contributed by atoms with van der Waals surface area (Å²) in [4.78, 5) is 0. The molecule has 0 fully saturated rings. The lowest BCUT2D eigenvalue weighted by atomic mass is 10.2. The number of ether oxygens (including phenoxy) is 1. The fourth-order valence-electron chi connectivity index (χ4n) is 1.81. The Morgan fingerprint density at radius 2 is 1.73 bits per heavy atom. The van der Waals surface area contributed by atoms with Crippen molar-refractivity contribution in [2.75, 3.05) is 5.32 Å². The number of thiocarbonyl (C=S) groups is 1. The molecule has 22 heavy (non-hydrogen) atoms. The van der Waals surface area contributed by atoms with E-state index in [0.29, 0.717) is 17.8 Å². The van der Waals surface area contributed by atoms with Crippen molar-refractivity contribution in [3.8, 4) is 5.75 Å². The highest BCUT2D eigenvalue weighted by Gasteiger charge is 2.01. The van der Waals surface area contributed by atoms with Gasteiger partial charge < -0.3 is 15.4 Å². The van der Waals surface area contributed by atoms with Crippen molar-refractivity contribution < 1.29 is 4.74 Å². The van der Waals surface area contributed by atoms with Crippen LogP contribution < -0.4 is 15.4 Å². The second-order valence-electron chi connectivity index (χ2n) is 5.19. The summed E-state index contributed by atoms with van der Waals surface area (Å²) in [7, 11) is 0. The fraction of sp³-hybridized carbons (Fsp3) is 0.235. The summed E-state index contributed by atoms with van der Waals surface area (Å²) in [6.07, 6.45) is 0. The molecule has 0 aliphatic carbocycles. The quantitative estimate of drug-likeness (QED) is 0.737. The SMILES string of the molecule is CC(C)NC(=S)Nc1ccc(COc2ccc(Br)cc2)cc1. The number of hydrogen-bond acceptors (Lipinski definition) is 2. The van der Waals surface area contributed by atoms with Gasteiger partial charge >= 0.3 is 0 Å². The second-order valence-corrected chi connectivity index (χ2v) is 6.52. The molecule has 0 amide bonds. The lowest BCUT2D eigenvalue weighted by Gasteiger charge is -2.13. The Bertz CT molecular complexity index is 612. The van der Waals surface area contributed by atoms with E-state index < -0.39 is 0 Å². The molecule has 2 rings (SSSR count).